The number of nitrogens with zero attached hydrogens (tertiary/aromatic N) is 2. The number of likely N-dealkylation sites (N-methyl/N-ethyl adjacent to an activating group) is 1. The molecule has 3 aliphatic carbocycles. The molecular weight excluding hydrogens is 485 g/mol. The molecule has 11 heteroatoms. The van der Waals surface area contributed by atoms with Crippen LogP contribution in [-0.4, -0.2) is 86.5 Å². The van der Waals surface area contributed by atoms with Crippen LogP contribution in [0.3, 0.4) is 0 Å². The van der Waals surface area contributed by atoms with E-state index in [4.69, 9.17) is 5.73 Å². The molecule has 0 unspecified atom stereocenters. The first kappa shape index (κ1) is 26.8. The fourth-order valence-electron chi connectivity index (χ4n) is 5.91. The number of aromatic hydroxyl groups is 1. The van der Waals surface area contributed by atoms with Gasteiger partial charge in [0.25, 0.3) is 5.91 Å². The van der Waals surface area contributed by atoms with Crippen LogP contribution in [-0.2, 0) is 27.3 Å². The number of carbonyl (C=O) groups is 3. The highest BCUT2D eigenvalue weighted by atomic mass is 19.1. The molecule has 10 nitrogen and oxygen atoms in total. The zero-order valence-corrected chi connectivity index (χ0v) is 21.4. The lowest BCUT2D eigenvalue weighted by molar-refractivity contribution is -0.153. The number of hydrogen-bond donors (Lipinski definition) is 5. The van der Waals surface area contributed by atoms with E-state index in [1.54, 1.807) is 7.05 Å². The summed E-state index contributed by atoms with van der Waals surface area (Å²) in [6.45, 7) is 4.07. The number of phenols is 1. The molecule has 3 aliphatic rings. The first-order chi connectivity index (χ1) is 17.1. The summed E-state index contributed by atoms with van der Waals surface area (Å²) >= 11 is 0. The SMILES string of the molecule is CC(C)N(C)Cc1cc(O)c2c(c1F)C[C@H]1C[C@H]3[C@H](N(C)C)C(=O)C(C(N)=O)=C(O)[C@@]3(O)C(=O)C1=C2O. The molecule has 1 aromatic carbocycles. The molecule has 1 fully saturated rings. The van der Waals surface area contributed by atoms with Gasteiger partial charge in [-0.3, -0.25) is 24.2 Å². The molecule has 0 radical (unpaired) electrons. The molecular formula is C26H32FN3O7. The lowest BCUT2D eigenvalue weighted by atomic mass is 9.57. The maximum absolute atomic E-state index is 15.7. The van der Waals surface area contributed by atoms with Crippen LogP contribution in [0.1, 0.15) is 37.0 Å². The van der Waals surface area contributed by atoms with E-state index in [9.17, 15) is 34.8 Å². The Labute approximate surface area is 213 Å². The molecule has 0 bridgehead atoms. The van der Waals surface area contributed by atoms with Crippen molar-refractivity contribution in [3.8, 4) is 5.75 Å². The van der Waals surface area contributed by atoms with Crippen LogP contribution in [0.5, 0.6) is 5.75 Å². The molecule has 0 saturated heterocycles. The van der Waals surface area contributed by atoms with Gasteiger partial charge >= 0.3 is 0 Å². The number of primary amides is 1. The molecule has 6 N–H and O–H groups in total. The number of hydrogen-bond acceptors (Lipinski definition) is 9. The summed E-state index contributed by atoms with van der Waals surface area (Å²) in [5.74, 6) is -8.24. The largest absolute Gasteiger partial charge is 0.508 e. The van der Waals surface area contributed by atoms with Crippen molar-refractivity contribution in [2.24, 2.45) is 17.6 Å². The van der Waals surface area contributed by atoms with Crippen molar-refractivity contribution in [1.82, 2.24) is 9.80 Å². The standard InChI is InChI=1S/C26H32FN3O7/c1-10(2)30(5)9-12-8-15(31)17-13(19(12)27)6-11-7-14-20(29(3)4)22(33)18(25(28)36)24(35)26(14,37)23(34)16(11)21(17)32/h8,10-11,14,20,31-32,35,37H,6-7,9H2,1-5H3,(H2,28,36)/t11-,14-,20-,26-/m0/s1. The van der Waals surface area contributed by atoms with Gasteiger partial charge in [0.05, 0.1) is 11.6 Å². The van der Waals surface area contributed by atoms with Crippen LogP contribution in [0.25, 0.3) is 5.76 Å². The Morgan fingerprint density at radius 1 is 1.22 bits per heavy atom. The first-order valence-corrected chi connectivity index (χ1v) is 12.0. The minimum atomic E-state index is -2.72. The average molecular weight is 518 g/mol. The molecule has 1 aromatic rings. The second-order valence-electron chi connectivity index (χ2n) is 10.7. The number of phenolic OH excluding ortho intramolecular Hbond substituents is 1. The summed E-state index contributed by atoms with van der Waals surface area (Å²) in [4.78, 5) is 42.2. The van der Waals surface area contributed by atoms with Crippen LogP contribution in [0.15, 0.2) is 23.0 Å². The first-order valence-electron chi connectivity index (χ1n) is 12.0. The number of ketones is 2. The summed E-state index contributed by atoms with van der Waals surface area (Å²) in [7, 11) is 4.84. The van der Waals surface area contributed by atoms with Gasteiger partial charge in [-0.05, 0) is 59.8 Å². The molecule has 1 saturated carbocycles. The molecule has 4 atom stereocenters. The third-order valence-electron chi connectivity index (χ3n) is 8.03. The summed E-state index contributed by atoms with van der Waals surface area (Å²) in [5, 5.41) is 44.3. The van der Waals surface area contributed by atoms with E-state index < -0.39 is 69.6 Å². The third-order valence-corrected chi connectivity index (χ3v) is 8.03. The fraction of sp³-hybridized carbons (Fsp3) is 0.500. The van der Waals surface area contributed by atoms with Gasteiger partial charge in [0.2, 0.25) is 5.78 Å². The maximum atomic E-state index is 15.7. The van der Waals surface area contributed by atoms with Crippen LogP contribution in [0.4, 0.5) is 4.39 Å². The van der Waals surface area contributed by atoms with E-state index in [2.05, 4.69) is 0 Å². The number of aliphatic hydroxyl groups is 3. The van der Waals surface area contributed by atoms with Gasteiger partial charge in [-0.15, -0.1) is 0 Å². The summed E-state index contributed by atoms with van der Waals surface area (Å²) in [5.41, 5.74) is 1.37. The zero-order chi connectivity index (χ0) is 27.7. The Morgan fingerprint density at radius 3 is 2.38 bits per heavy atom. The highest BCUT2D eigenvalue weighted by Crippen LogP contribution is 2.53. The highest BCUT2D eigenvalue weighted by Gasteiger charge is 2.64. The van der Waals surface area contributed by atoms with Gasteiger partial charge in [0.15, 0.2) is 11.4 Å². The van der Waals surface area contributed by atoms with Crippen LogP contribution in [0, 0.1) is 17.7 Å². The van der Waals surface area contributed by atoms with E-state index in [0.29, 0.717) is 0 Å². The highest BCUT2D eigenvalue weighted by molar-refractivity contribution is 6.24. The number of rotatable bonds is 5. The number of amides is 1. The second kappa shape index (κ2) is 8.93. The number of benzene rings is 1. The van der Waals surface area contributed by atoms with Gasteiger partial charge in [-0.1, -0.05) is 0 Å². The zero-order valence-electron chi connectivity index (χ0n) is 21.4. The molecule has 1 amide bonds. The van der Waals surface area contributed by atoms with Gasteiger partial charge in [0.1, 0.15) is 28.7 Å². The van der Waals surface area contributed by atoms with E-state index in [-0.39, 0.29) is 47.7 Å². The van der Waals surface area contributed by atoms with Gasteiger partial charge in [-0.2, -0.15) is 0 Å². The van der Waals surface area contributed by atoms with Gasteiger partial charge in [-0.25, -0.2) is 4.39 Å². The molecule has 0 aliphatic heterocycles. The predicted octanol–water partition coefficient (Wildman–Crippen LogP) is 0.943. The lowest BCUT2D eigenvalue weighted by Crippen LogP contribution is -2.65. The Morgan fingerprint density at radius 2 is 1.84 bits per heavy atom. The van der Waals surface area contributed by atoms with Crippen molar-refractivity contribution in [2.45, 2.75) is 50.9 Å². The number of Topliss-reactive ketones (excluding diaryl/α,β-unsaturated/α-hetero) is 2. The normalized spacial score (nSPS) is 27.7. The Balaban J connectivity index is 1.91. The molecule has 4 rings (SSSR count). The van der Waals surface area contributed by atoms with Crippen LogP contribution >= 0.6 is 0 Å². The molecule has 0 spiro atoms. The van der Waals surface area contributed by atoms with Crippen molar-refractivity contribution in [3.63, 3.8) is 0 Å². The fourth-order valence-corrected chi connectivity index (χ4v) is 5.91. The molecule has 200 valence electrons. The smallest absolute Gasteiger partial charge is 0.255 e. The summed E-state index contributed by atoms with van der Waals surface area (Å²) < 4.78 is 15.7. The van der Waals surface area contributed by atoms with Crippen LogP contribution in [0.2, 0.25) is 0 Å². The Hall–Kier alpha value is -3.28. The quantitative estimate of drug-likeness (QED) is 0.358. The number of fused-ring (bicyclic) bond motifs is 3. The van der Waals surface area contributed by atoms with E-state index in [1.165, 1.54) is 25.1 Å². The van der Waals surface area contributed by atoms with E-state index in [1.807, 2.05) is 18.7 Å². The number of aliphatic hydroxyl groups excluding tert-OH is 2. The monoisotopic (exact) mass is 517 g/mol. The molecule has 37 heavy (non-hydrogen) atoms. The predicted molar refractivity (Wildman–Crippen MR) is 131 cm³/mol. The summed E-state index contributed by atoms with van der Waals surface area (Å²) in [6.07, 6.45) is -0.185. The Kier molecular flexibility index (Phi) is 6.46. The number of carbonyl (C=O) groups excluding carboxylic acids is 3. The van der Waals surface area contributed by atoms with E-state index >= 15 is 4.39 Å². The van der Waals surface area contributed by atoms with Crippen molar-refractivity contribution in [2.75, 3.05) is 21.1 Å². The Bertz CT molecular complexity index is 1290. The average Bonchev–Trinajstić information content (AvgIpc) is 2.78. The lowest BCUT2D eigenvalue weighted by Gasteiger charge is -2.50. The number of halogens is 1. The minimum Gasteiger partial charge on any atom is -0.508 e. The van der Waals surface area contributed by atoms with Crippen molar-refractivity contribution < 1.29 is 39.2 Å². The molecule has 0 aromatic heterocycles. The topological polar surface area (TPSA) is 165 Å². The number of nitrogens with two attached hydrogens (primary N) is 1. The van der Waals surface area contributed by atoms with Gasteiger partial charge < -0.3 is 26.2 Å². The molecule has 0 heterocycles. The third kappa shape index (κ3) is 3.75. The van der Waals surface area contributed by atoms with E-state index in [0.717, 1.165) is 0 Å². The second-order valence-corrected chi connectivity index (χ2v) is 10.7. The van der Waals surface area contributed by atoms with Gasteiger partial charge in [0, 0.05) is 35.2 Å². The maximum Gasteiger partial charge on any atom is 0.255 e. The van der Waals surface area contributed by atoms with Crippen molar-refractivity contribution in [1.29, 1.82) is 0 Å². The summed E-state index contributed by atoms with van der Waals surface area (Å²) in [6, 6.07) is 0.101. The van der Waals surface area contributed by atoms with Crippen molar-refractivity contribution in [3.05, 3.63) is 45.5 Å². The van der Waals surface area contributed by atoms with Crippen LogP contribution < -0.4 is 5.73 Å². The van der Waals surface area contributed by atoms with Crippen molar-refractivity contribution >= 4 is 23.2 Å². The minimum absolute atomic E-state index is 0.0257.